The molecule has 0 spiro atoms. The third-order valence-corrected chi connectivity index (χ3v) is 3.45. The summed E-state index contributed by atoms with van der Waals surface area (Å²) in [6.45, 7) is 3.95. The van der Waals surface area contributed by atoms with Crippen LogP contribution in [0.2, 0.25) is 5.02 Å². The van der Waals surface area contributed by atoms with E-state index < -0.39 is 0 Å². The van der Waals surface area contributed by atoms with Crippen LogP contribution in [0.4, 0.5) is 17.3 Å². The van der Waals surface area contributed by atoms with Gasteiger partial charge in [-0.25, -0.2) is 9.97 Å². The maximum Gasteiger partial charge on any atom is 0.135 e. The monoisotopic (exact) mass is 319 g/mol. The predicted octanol–water partition coefficient (Wildman–Crippen LogP) is 3.55. The summed E-state index contributed by atoms with van der Waals surface area (Å²) in [5.41, 5.74) is 2.06. The fraction of sp³-hybridized carbons (Fsp3) is 0.375. The first-order valence-electron chi connectivity index (χ1n) is 7.28. The van der Waals surface area contributed by atoms with Gasteiger partial charge in [-0.3, -0.25) is 0 Å². The van der Waals surface area contributed by atoms with E-state index in [1.165, 1.54) is 0 Å². The zero-order valence-corrected chi connectivity index (χ0v) is 14.0. The van der Waals surface area contributed by atoms with Gasteiger partial charge < -0.3 is 15.5 Å². The Bertz CT molecular complexity index is 615. The molecule has 0 fully saturated rings. The molecule has 1 aromatic heterocycles. The molecule has 2 aromatic rings. The summed E-state index contributed by atoms with van der Waals surface area (Å²) < 4.78 is 0. The van der Waals surface area contributed by atoms with Gasteiger partial charge in [-0.2, -0.15) is 0 Å². The van der Waals surface area contributed by atoms with Crippen molar-refractivity contribution < 1.29 is 0 Å². The van der Waals surface area contributed by atoms with Crippen molar-refractivity contribution >= 4 is 28.9 Å². The van der Waals surface area contributed by atoms with Gasteiger partial charge >= 0.3 is 0 Å². The third-order valence-electron chi connectivity index (χ3n) is 3.22. The van der Waals surface area contributed by atoms with Crippen LogP contribution in [0.5, 0.6) is 0 Å². The van der Waals surface area contributed by atoms with E-state index in [2.05, 4.69) is 39.6 Å². The van der Waals surface area contributed by atoms with Gasteiger partial charge in [0.15, 0.2) is 0 Å². The largest absolute Gasteiger partial charge is 0.370 e. The molecular weight excluding hydrogens is 298 g/mol. The van der Waals surface area contributed by atoms with E-state index in [-0.39, 0.29) is 0 Å². The van der Waals surface area contributed by atoms with Gasteiger partial charge in [-0.05, 0) is 51.7 Å². The number of nitrogens with zero attached hydrogens (tertiary/aromatic N) is 3. The van der Waals surface area contributed by atoms with Gasteiger partial charge in [0.1, 0.15) is 18.0 Å². The molecule has 0 unspecified atom stereocenters. The number of benzene rings is 1. The highest BCUT2D eigenvalue weighted by Gasteiger charge is 2.03. The molecule has 2 N–H and O–H groups in total. The zero-order chi connectivity index (χ0) is 15.9. The Morgan fingerprint density at radius 2 is 1.91 bits per heavy atom. The molecule has 22 heavy (non-hydrogen) atoms. The lowest BCUT2D eigenvalue weighted by molar-refractivity contribution is 0.405. The predicted molar refractivity (Wildman–Crippen MR) is 93.2 cm³/mol. The Morgan fingerprint density at radius 1 is 1.14 bits per heavy atom. The highest BCUT2D eigenvalue weighted by atomic mass is 35.5. The summed E-state index contributed by atoms with van der Waals surface area (Å²) in [4.78, 5) is 10.6. The van der Waals surface area contributed by atoms with Gasteiger partial charge in [-0.15, -0.1) is 0 Å². The van der Waals surface area contributed by atoms with Crippen molar-refractivity contribution in [2.45, 2.75) is 13.3 Å². The van der Waals surface area contributed by atoms with Crippen molar-refractivity contribution in [2.75, 3.05) is 37.8 Å². The minimum absolute atomic E-state index is 0.698. The fourth-order valence-corrected chi connectivity index (χ4v) is 2.17. The van der Waals surface area contributed by atoms with Crippen molar-refractivity contribution in [3.05, 3.63) is 41.2 Å². The molecule has 118 valence electrons. The molecule has 0 saturated heterocycles. The Balaban J connectivity index is 1.97. The van der Waals surface area contributed by atoms with Crippen molar-refractivity contribution in [3.63, 3.8) is 0 Å². The second-order valence-electron chi connectivity index (χ2n) is 5.46. The van der Waals surface area contributed by atoms with Crippen LogP contribution in [0.1, 0.15) is 12.0 Å². The van der Waals surface area contributed by atoms with Crippen LogP contribution in [0.15, 0.2) is 30.6 Å². The van der Waals surface area contributed by atoms with Crippen LogP contribution in [-0.4, -0.2) is 42.1 Å². The molecule has 5 nitrogen and oxygen atoms in total. The topological polar surface area (TPSA) is 53.1 Å². The summed E-state index contributed by atoms with van der Waals surface area (Å²) in [7, 11) is 4.14. The quantitative estimate of drug-likeness (QED) is 0.764. The fourth-order valence-electron chi connectivity index (χ4n) is 2.00. The van der Waals surface area contributed by atoms with Crippen LogP contribution in [-0.2, 0) is 0 Å². The van der Waals surface area contributed by atoms with E-state index >= 15 is 0 Å². The average Bonchev–Trinajstić information content (AvgIpc) is 2.48. The van der Waals surface area contributed by atoms with Crippen molar-refractivity contribution in [1.82, 2.24) is 14.9 Å². The van der Waals surface area contributed by atoms with Crippen LogP contribution in [0.3, 0.4) is 0 Å². The second kappa shape index (κ2) is 7.96. The van der Waals surface area contributed by atoms with Crippen LogP contribution in [0.25, 0.3) is 0 Å². The third kappa shape index (κ3) is 5.16. The lowest BCUT2D eigenvalue weighted by Gasteiger charge is -2.12. The van der Waals surface area contributed by atoms with E-state index in [4.69, 9.17) is 11.6 Å². The average molecular weight is 320 g/mol. The molecule has 0 aliphatic heterocycles. The molecule has 1 aromatic carbocycles. The van der Waals surface area contributed by atoms with Gasteiger partial charge in [-0.1, -0.05) is 17.7 Å². The minimum atomic E-state index is 0.698. The number of anilines is 3. The first kappa shape index (κ1) is 16.5. The SMILES string of the molecule is Cc1ccc(Cl)cc1Nc1cc(NCCCN(C)C)ncn1. The summed E-state index contributed by atoms with van der Waals surface area (Å²) >= 11 is 6.04. The summed E-state index contributed by atoms with van der Waals surface area (Å²) in [5, 5.41) is 7.28. The number of aryl methyl sites for hydroxylation is 1. The lowest BCUT2D eigenvalue weighted by Crippen LogP contribution is -2.16. The maximum absolute atomic E-state index is 6.04. The highest BCUT2D eigenvalue weighted by molar-refractivity contribution is 6.30. The van der Waals surface area contributed by atoms with Crippen molar-refractivity contribution in [2.24, 2.45) is 0 Å². The number of aromatic nitrogens is 2. The molecule has 0 bridgehead atoms. The Kier molecular flexibility index (Phi) is 5.98. The molecule has 1 heterocycles. The normalized spacial score (nSPS) is 10.8. The molecule has 2 rings (SSSR count). The molecule has 0 atom stereocenters. The highest BCUT2D eigenvalue weighted by Crippen LogP contribution is 2.23. The molecule has 0 saturated carbocycles. The van der Waals surface area contributed by atoms with E-state index in [1.54, 1.807) is 6.33 Å². The van der Waals surface area contributed by atoms with Crippen molar-refractivity contribution in [1.29, 1.82) is 0 Å². The molecule has 0 amide bonds. The lowest BCUT2D eigenvalue weighted by atomic mass is 10.2. The number of rotatable bonds is 7. The minimum Gasteiger partial charge on any atom is -0.370 e. The zero-order valence-electron chi connectivity index (χ0n) is 13.2. The van der Waals surface area contributed by atoms with Gasteiger partial charge in [0.25, 0.3) is 0 Å². The molecule has 0 aliphatic rings. The number of hydrogen-bond donors (Lipinski definition) is 2. The van der Waals surface area contributed by atoms with E-state index in [1.807, 2.05) is 31.2 Å². The van der Waals surface area contributed by atoms with E-state index in [0.29, 0.717) is 5.02 Å². The summed E-state index contributed by atoms with van der Waals surface area (Å²) in [6.07, 6.45) is 2.61. The molecular formula is C16H22ClN5. The molecule has 6 heteroatoms. The summed E-state index contributed by atoms with van der Waals surface area (Å²) in [5.74, 6) is 1.56. The Hall–Kier alpha value is -1.85. The number of halogens is 1. The second-order valence-corrected chi connectivity index (χ2v) is 5.89. The Morgan fingerprint density at radius 3 is 2.68 bits per heavy atom. The van der Waals surface area contributed by atoms with E-state index in [0.717, 1.165) is 42.4 Å². The summed E-state index contributed by atoms with van der Waals surface area (Å²) in [6, 6.07) is 7.64. The van der Waals surface area contributed by atoms with Crippen LogP contribution < -0.4 is 10.6 Å². The van der Waals surface area contributed by atoms with Crippen LogP contribution in [0, 0.1) is 6.92 Å². The van der Waals surface area contributed by atoms with Crippen LogP contribution >= 0.6 is 11.6 Å². The maximum atomic E-state index is 6.04. The van der Waals surface area contributed by atoms with Gasteiger partial charge in [0.2, 0.25) is 0 Å². The number of hydrogen-bond acceptors (Lipinski definition) is 5. The first-order chi connectivity index (χ1) is 10.5. The van der Waals surface area contributed by atoms with Gasteiger partial charge in [0, 0.05) is 23.3 Å². The van der Waals surface area contributed by atoms with Crippen molar-refractivity contribution in [3.8, 4) is 0 Å². The smallest absolute Gasteiger partial charge is 0.135 e. The standard InChI is InChI=1S/C16H22ClN5/c1-12-5-6-13(17)9-14(12)21-16-10-15(19-11-20-16)18-7-4-8-22(2)3/h5-6,9-11H,4,7-8H2,1-3H3,(H2,18,19,20,21). The van der Waals surface area contributed by atoms with Gasteiger partial charge in [0.05, 0.1) is 0 Å². The number of nitrogens with one attached hydrogen (secondary N) is 2. The van der Waals surface area contributed by atoms with E-state index in [9.17, 15) is 0 Å². The first-order valence-corrected chi connectivity index (χ1v) is 7.66. The Labute approximate surface area is 136 Å². The molecule has 0 radical (unpaired) electrons. The molecule has 0 aliphatic carbocycles.